The van der Waals surface area contributed by atoms with Crippen molar-refractivity contribution in [1.82, 2.24) is 0 Å². The van der Waals surface area contributed by atoms with E-state index < -0.39 is 79.3 Å². The molecule has 0 spiro atoms. The lowest BCUT2D eigenvalue weighted by Crippen LogP contribution is -2.03. The minimum Gasteiger partial charge on any atom is -0.505 e. The smallest absolute Gasteiger partial charge is 0.296 e. The maximum Gasteiger partial charge on any atom is 0.296 e. The van der Waals surface area contributed by atoms with Crippen molar-refractivity contribution in [3.05, 3.63) is 113 Å². The monoisotopic (exact) mass is 936 g/mol. The summed E-state index contributed by atoms with van der Waals surface area (Å²) in [4.78, 5) is -2.60. The molecule has 62 heavy (non-hydrogen) atoms. The van der Waals surface area contributed by atoms with Crippen LogP contribution in [0.2, 0.25) is 10.0 Å². The lowest BCUT2D eigenvalue weighted by Gasteiger charge is -2.14. The summed E-state index contributed by atoms with van der Waals surface area (Å²) >= 11 is 12.1. The highest BCUT2D eigenvalue weighted by Gasteiger charge is 2.28. The van der Waals surface area contributed by atoms with Crippen LogP contribution < -0.4 is 11.5 Å². The van der Waals surface area contributed by atoms with Crippen LogP contribution in [0.5, 0.6) is 11.5 Å². The van der Waals surface area contributed by atoms with Gasteiger partial charge >= 0.3 is 0 Å². The fourth-order valence-corrected chi connectivity index (χ4v) is 8.40. The van der Waals surface area contributed by atoms with Gasteiger partial charge in [0, 0.05) is 16.1 Å². The van der Waals surface area contributed by atoms with E-state index in [1.54, 1.807) is 36.4 Å². The number of hydrogen-bond acceptors (Lipinski definition) is 16. The summed E-state index contributed by atoms with van der Waals surface area (Å²) < 4.78 is 104. The van der Waals surface area contributed by atoms with E-state index in [0.717, 1.165) is 18.2 Å². The van der Waals surface area contributed by atoms with Crippen LogP contribution in [0.3, 0.4) is 0 Å². The van der Waals surface area contributed by atoms with Gasteiger partial charge in [-0.1, -0.05) is 47.5 Å². The van der Waals surface area contributed by atoms with Crippen molar-refractivity contribution in [2.45, 2.75) is 14.7 Å². The Hall–Kier alpha value is -6.63. The molecule has 0 aliphatic carbocycles. The largest absolute Gasteiger partial charge is 0.505 e. The average molecular weight is 938 g/mol. The van der Waals surface area contributed by atoms with Gasteiger partial charge in [-0.05, 0) is 101 Å². The third kappa shape index (κ3) is 8.88. The summed E-state index contributed by atoms with van der Waals surface area (Å²) in [6.07, 6.45) is 0. The molecule has 9 N–H and O–H groups in total. The number of aromatic hydroxyl groups is 2. The molecule has 0 radical (unpaired) electrons. The maximum absolute atomic E-state index is 12.5. The first-order valence-electron chi connectivity index (χ1n) is 17.1. The molecule has 19 nitrogen and oxygen atoms in total. The highest BCUT2D eigenvalue weighted by molar-refractivity contribution is 7.86. The second-order valence-corrected chi connectivity index (χ2v) is 18.1. The van der Waals surface area contributed by atoms with E-state index in [1.165, 1.54) is 48.5 Å². The molecule has 24 heteroatoms. The van der Waals surface area contributed by atoms with Crippen molar-refractivity contribution in [2.24, 2.45) is 30.7 Å². The van der Waals surface area contributed by atoms with E-state index in [1.807, 2.05) is 0 Å². The SMILES string of the molecule is Nc1ccc2c(O)c(N=Nc3ccc(-c4ccc(N=Nc5c(S(=O)(=O)O)cc6cc(S(=O)(=O)O)c(N=Nc7cc(Cl)ccc7Cl)c(N)c6c5O)cc4)cc3)c(S(=O)(=O)O)cc2c1. The molecule has 0 aliphatic rings. The number of phenols is 2. The third-order valence-corrected chi connectivity index (χ3v) is 12.1. The number of anilines is 2. The number of rotatable bonds is 10. The fraction of sp³-hybridized carbons (Fsp3) is 0. The van der Waals surface area contributed by atoms with Crippen molar-refractivity contribution in [3.8, 4) is 22.6 Å². The van der Waals surface area contributed by atoms with Crippen molar-refractivity contribution < 1.29 is 49.1 Å². The van der Waals surface area contributed by atoms with Gasteiger partial charge in [-0.25, -0.2) is 0 Å². The molecule has 0 amide bonds. The normalized spacial score (nSPS) is 12.7. The molecule has 0 unspecified atom stereocenters. The number of azo groups is 3. The van der Waals surface area contributed by atoms with Crippen LogP contribution >= 0.6 is 23.2 Å². The topological polar surface area (TPSA) is 330 Å². The first-order chi connectivity index (χ1) is 29.1. The molecule has 316 valence electrons. The summed E-state index contributed by atoms with van der Waals surface area (Å²) in [6.45, 7) is 0. The van der Waals surface area contributed by atoms with Crippen LogP contribution in [0.25, 0.3) is 32.7 Å². The number of nitrogen functional groups attached to an aromatic ring is 2. The van der Waals surface area contributed by atoms with Gasteiger partial charge in [-0.2, -0.15) is 35.5 Å². The van der Waals surface area contributed by atoms with E-state index in [0.29, 0.717) is 16.8 Å². The molecular weight excluding hydrogens is 912 g/mol. The lowest BCUT2D eigenvalue weighted by atomic mass is 10.0. The number of benzene rings is 7. The second kappa shape index (κ2) is 16.3. The van der Waals surface area contributed by atoms with Gasteiger partial charge in [0.25, 0.3) is 30.4 Å². The Balaban J connectivity index is 1.20. The summed E-state index contributed by atoms with van der Waals surface area (Å²) in [5.41, 5.74) is 11.5. The Morgan fingerprint density at radius 2 is 0.952 bits per heavy atom. The molecule has 0 aromatic heterocycles. The van der Waals surface area contributed by atoms with Gasteiger partial charge in [0.2, 0.25) is 0 Å². The van der Waals surface area contributed by atoms with Crippen molar-refractivity contribution >= 4 is 121 Å². The number of nitrogens with two attached hydrogens (primary N) is 2. The molecule has 0 saturated carbocycles. The average Bonchev–Trinajstić information content (AvgIpc) is 3.19. The highest BCUT2D eigenvalue weighted by atomic mass is 35.5. The van der Waals surface area contributed by atoms with E-state index in [-0.39, 0.29) is 48.7 Å². The molecule has 0 fully saturated rings. The zero-order chi connectivity index (χ0) is 44.9. The highest BCUT2D eigenvalue weighted by Crippen LogP contribution is 2.49. The zero-order valence-electron chi connectivity index (χ0n) is 30.8. The number of halogens is 2. The van der Waals surface area contributed by atoms with Gasteiger partial charge in [0.15, 0.2) is 11.5 Å². The van der Waals surface area contributed by atoms with Crippen LogP contribution in [0, 0.1) is 0 Å². The Kier molecular flexibility index (Phi) is 11.4. The first-order valence-corrected chi connectivity index (χ1v) is 22.2. The molecule has 7 aromatic rings. The second-order valence-electron chi connectivity index (χ2n) is 13.1. The summed E-state index contributed by atoms with van der Waals surface area (Å²) in [5.74, 6) is -1.50. The number of phenolic OH excluding ortho intramolecular Hbond substituents is 2. The fourth-order valence-electron chi connectivity index (χ4n) is 6.09. The predicted octanol–water partition coefficient (Wildman–Crippen LogP) is 10.5. The van der Waals surface area contributed by atoms with Crippen LogP contribution in [0.15, 0.2) is 149 Å². The van der Waals surface area contributed by atoms with Crippen LogP contribution in [-0.2, 0) is 30.4 Å². The number of nitrogens with zero attached hydrogens (tertiary/aromatic N) is 6. The van der Waals surface area contributed by atoms with E-state index in [2.05, 4.69) is 30.7 Å². The van der Waals surface area contributed by atoms with E-state index in [4.69, 9.17) is 34.7 Å². The maximum atomic E-state index is 12.5. The minimum absolute atomic E-state index is 0.0177. The summed E-state index contributed by atoms with van der Waals surface area (Å²) in [5, 5.41) is 45.8. The van der Waals surface area contributed by atoms with Gasteiger partial charge in [0.1, 0.15) is 37.4 Å². The molecule has 0 heterocycles. The Morgan fingerprint density at radius 3 is 1.47 bits per heavy atom. The van der Waals surface area contributed by atoms with E-state index in [9.17, 15) is 49.1 Å². The third-order valence-electron chi connectivity index (χ3n) is 8.99. The first kappa shape index (κ1) is 43.5. The molecule has 0 bridgehead atoms. The molecule has 0 atom stereocenters. The van der Waals surface area contributed by atoms with Crippen molar-refractivity contribution in [1.29, 1.82) is 0 Å². The molecular formula is C38H26Cl2N8O11S3. The Labute approximate surface area is 360 Å². The quantitative estimate of drug-likeness (QED) is 0.0381. The van der Waals surface area contributed by atoms with Crippen LogP contribution in [-0.4, -0.2) is 49.1 Å². The number of hydrogen-bond donors (Lipinski definition) is 7. The molecule has 0 aliphatic heterocycles. The van der Waals surface area contributed by atoms with Gasteiger partial charge in [0.05, 0.1) is 27.5 Å². The zero-order valence-corrected chi connectivity index (χ0v) is 34.8. The summed E-state index contributed by atoms with van der Waals surface area (Å²) in [6, 6.07) is 23.8. The van der Waals surface area contributed by atoms with E-state index >= 15 is 0 Å². The molecule has 7 rings (SSSR count). The summed E-state index contributed by atoms with van der Waals surface area (Å²) in [7, 11) is -15.1. The Bertz CT molecular complexity index is 3450. The lowest BCUT2D eigenvalue weighted by molar-refractivity contribution is 0.471. The van der Waals surface area contributed by atoms with Crippen LogP contribution in [0.1, 0.15) is 0 Å². The van der Waals surface area contributed by atoms with Gasteiger partial charge in [-0.3, -0.25) is 13.7 Å². The Morgan fingerprint density at radius 1 is 0.484 bits per heavy atom. The predicted molar refractivity (Wildman–Crippen MR) is 230 cm³/mol. The minimum atomic E-state index is -5.17. The van der Waals surface area contributed by atoms with Crippen molar-refractivity contribution in [3.63, 3.8) is 0 Å². The van der Waals surface area contributed by atoms with Gasteiger partial charge < -0.3 is 21.7 Å². The van der Waals surface area contributed by atoms with Crippen LogP contribution in [0.4, 0.5) is 45.5 Å². The van der Waals surface area contributed by atoms with Crippen molar-refractivity contribution in [2.75, 3.05) is 11.5 Å². The molecule has 0 saturated heterocycles. The standard InChI is InChI=1S/C38H26Cl2N8O11S3/c39-22-5-12-27(40)28(17-22)45-46-34-29(60(51,52)53)15-21-16-31(62(57,58)59)36(38(50)32(21)33(34)42)48-44-25-9-3-19(4-10-25)18-1-7-24(8-2-18)43-47-35-30(61(54,55)56)14-20-13-23(41)6-11-26(20)37(35)49/h1-17,49-50H,41-42H2,(H,51,52,53)(H,54,55,56)(H,57,58,59). The number of fused-ring (bicyclic) bond motifs is 2. The molecule has 7 aromatic carbocycles. The van der Waals surface area contributed by atoms with Gasteiger partial charge in [-0.15, -0.1) is 20.5 Å².